The largest absolute Gasteiger partial charge is 0.355 e. The van der Waals surface area contributed by atoms with E-state index in [0.29, 0.717) is 19.5 Å². The number of carbonyl (C=O) groups is 2. The fourth-order valence-electron chi connectivity index (χ4n) is 1.69. The molecule has 2 heterocycles. The average Bonchev–Trinajstić information content (AvgIpc) is 2.84. The molecule has 2 N–H and O–H groups in total. The van der Waals surface area contributed by atoms with Crippen LogP contribution in [0.4, 0.5) is 0 Å². The first-order valence-corrected chi connectivity index (χ1v) is 6.06. The lowest BCUT2D eigenvalue weighted by molar-refractivity contribution is -0.126. The van der Waals surface area contributed by atoms with E-state index in [4.69, 9.17) is 0 Å². The van der Waals surface area contributed by atoms with Gasteiger partial charge in [0.15, 0.2) is 0 Å². The Morgan fingerprint density at radius 1 is 1.62 bits per heavy atom. The standard InChI is InChI=1S/C11H14N2O2S/c1-7-2-3-9(16-7)6-13-11(15)8-4-10(14)12-5-8/h2-3,8H,4-6H2,1H3,(H,12,14)(H,13,15). The fourth-order valence-corrected chi connectivity index (χ4v) is 2.52. The van der Waals surface area contributed by atoms with Crippen molar-refractivity contribution in [3.63, 3.8) is 0 Å². The predicted octanol–water partition coefficient (Wildman–Crippen LogP) is 0.809. The number of amides is 2. The summed E-state index contributed by atoms with van der Waals surface area (Å²) in [5, 5.41) is 5.51. The minimum atomic E-state index is -0.200. The van der Waals surface area contributed by atoms with Crippen LogP contribution in [0.15, 0.2) is 12.1 Å². The number of rotatable bonds is 3. The molecule has 0 bridgehead atoms. The Bertz CT molecular complexity index is 414. The second-order valence-corrected chi connectivity index (χ2v) is 5.31. The molecule has 1 aliphatic heterocycles. The summed E-state index contributed by atoms with van der Waals surface area (Å²) < 4.78 is 0. The molecule has 1 atom stereocenters. The maximum absolute atomic E-state index is 11.7. The van der Waals surface area contributed by atoms with E-state index in [1.54, 1.807) is 11.3 Å². The Balaban J connectivity index is 1.82. The summed E-state index contributed by atoms with van der Waals surface area (Å²) in [4.78, 5) is 25.0. The molecule has 0 spiro atoms. The van der Waals surface area contributed by atoms with E-state index in [1.165, 1.54) is 4.88 Å². The van der Waals surface area contributed by atoms with Gasteiger partial charge in [-0.1, -0.05) is 0 Å². The van der Waals surface area contributed by atoms with E-state index in [9.17, 15) is 9.59 Å². The van der Waals surface area contributed by atoms with Crippen molar-refractivity contribution in [2.75, 3.05) is 6.54 Å². The third-order valence-corrected chi connectivity index (χ3v) is 3.58. The second kappa shape index (κ2) is 4.65. The third-order valence-electron chi connectivity index (χ3n) is 2.58. The molecule has 0 aliphatic carbocycles. The maximum Gasteiger partial charge on any atom is 0.225 e. The van der Waals surface area contributed by atoms with Crippen LogP contribution >= 0.6 is 11.3 Å². The molecule has 1 unspecified atom stereocenters. The van der Waals surface area contributed by atoms with Gasteiger partial charge in [-0.05, 0) is 19.1 Å². The van der Waals surface area contributed by atoms with Gasteiger partial charge in [-0.3, -0.25) is 9.59 Å². The number of carbonyl (C=O) groups excluding carboxylic acids is 2. The molecule has 2 amide bonds. The Kier molecular flexibility index (Phi) is 3.24. The van der Waals surface area contributed by atoms with E-state index in [-0.39, 0.29) is 17.7 Å². The highest BCUT2D eigenvalue weighted by molar-refractivity contribution is 7.11. The Hall–Kier alpha value is -1.36. The van der Waals surface area contributed by atoms with Crippen molar-refractivity contribution in [3.05, 3.63) is 21.9 Å². The lowest BCUT2D eigenvalue weighted by atomic mass is 10.1. The van der Waals surface area contributed by atoms with E-state index >= 15 is 0 Å². The lowest BCUT2D eigenvalue weighted by Crippen LogP contribution is -2.31. The van der Waals surface area contributed by atoms with Gasteiger partial charge < -0.3 is 10.6 Å². The van der Waals surface area contributed by atoms with E-state index in [0.717, 1.165) is 4.88 Å². The molecule has 0 saturated carbocycles. The summed E-state index contributed by atoms with van der Waals surface area (Å²) in [7, 11) is 0. The molecule has 0 aromatic carbocycles. The Morgan fingerprint density at radius 2 is 2.44 bits per heavy atom. The molecule has 1 saturated heterocycles. The van der Waals surface area contributed by atoms with Crippen LogP contribution in [0.1, 0.15) is 16.2 Å². The van der Waals surface area contributed by atoms with Gasteiger partial charge in [-0.25, -0.2) is 0 Å². The monoisotopic (exact) mass is 238 g/mol. The first kappa shape index (κ1) is 11.1. The zero-order valence-corrected chi connectivity index (χ0v) is 9.89. The zero-order chi connectivity index (χ0) is 11.5. The Labute approximate surface area is 98.0 Å². The zero-order valence-electron chi connectivity index (χ0n) is 9.08. The topological polar surface area (TPSA) is 58.2 Å². The van der Waals surface area contributed by atoms with Crippen LogP contribution in [0.25, 0.3) is 0 Å². The highest BCUT2D eigenvalue weighted by Gasteiger charge is 2.27. The molecule has 1 aromatic rings. The van der Waals surface area contributed by atoms with E-state index in [1.807, 2.05) is 19.1 Å². The van der Waals surface area contributed by atoms with Crippen molar-refractivity contribution < 1.29 is 9.59 Å². The molecule has 1 fully saturated rings. The van der Waals surface area contributed by atoms with Crippen LogP contribution in [0.2, 0.25) is 0 Å². The average molecular weight is 238 g/mol. The fraction of sp³-hybridized carbons (Fsp3) is 0.455. The molecule has 16 heavy (non-hydrogen) atoms. The first-order valence-electron chi connectivity index (χ1n) is 5.25. The smallest absolute Gasteiger partial charge is 0.225 e. The van der Waals surface area contributed by atoms with Crippen molar-refractivity contribution in [3.8, 4) is 0 Å². The molecule has 86 valence electrons. The lowest BCUT2D eigenvalue weighted by Gasteiger charge is -2.07. The number of thiophene rings is 1. The van der Waals surface area contributed by atoms with Crippen LogP contribution in [0.3, 0.4) is 0 Å². The number of hydrogen-bond donors (Lipinski definition) is 2. The predicted molar refractivity (Wildman–Crippen MR) is 62.0 cm³/mol. The van der Waals surface area contributed by atoms with Crippen molar-refractivity contribution in [1.82, 2.24) is 10.6 Å². The second-order valence-electron chi connectivity index (χ2n) is 3.94. The quantitative estimate of drug-likeness (QED) is 0.818. The molecule has 4 nitrogen and oxygen atoms in total. The summed E-state index contributed by atoms with van der Waals surface area (Å²) in [6, 6.07) is 4.05. The summed E-state index contributed by atoms with van der Waals surface area (Å²) in [6.45, 7) is 3.06. The summed E-state index contributed by atoms with van der Waals surface area (Å²) >= 11 is 1.68. The van der Waals surface area contributed by atoms with Gasteiger partial charge in [0.05, 0.1) is 12.5 Å². The van der Waals surface area contributed by atoms with Gasteiger partial charge in [-0.2, -0.15) is 0 Å². The van der Waals surface area contributed by atoms with Crippen molar-refractivity contribution >= 4 is 23.2 Å². The highest BCUT2D eigenvalue weighted by atomic mass is 32.1. The van der Waals surface area contributed by atoms with E-state index < -0.39 is 0 Å². The van der Waals surface area contributed by atoms with Crippen LogP contribution in [0.5, 0.6) is 0 Å². The minimum absolute atomic E-state index is 0.0351. The SMILES string of the molecule is Cc1ccc(CNC(=O)C2CNC(=O)C2)s1. The molecular weight excluding hydrogens is 224 g/mol. The molecule has 0 radical (unpaired) electrons. The first-order chi connectivity index (χ1) is 7.65. The molecule has 1 aromatic heterocycles. The van der Waals surface area contributed by atoms with Gasteiger partial charge in [0.1, 0.15) is 0 Å². The van der Waals surface area contributed by atoms with Crippen molar-refractivity contribution in [2.24, 2.45) is 5.92 Å². The van der Waals surface area contributed by atoms with Crippen LogP contribution in [-0.2, 0) is 16.1 Å². The molecular formula is C11H14N2O2S. The van der Waals surface area contributed by atoms with Crippen LogP contribution in [-0.4, -0.2) is 18.4 Å². The van der Waals surface area contributed by atoms with Gasteiger partial charge in [0, 0.05) is 22.7 Å². The van der Waals surface area contributed by atoms with Crippen LogP contribution < -0.4 is 10.6 Å². The molecule has 5 heteroatoms. The number of nitrogens with one attached hydrogen (secondary N) is 2. The van der Waals surface area contributed by atoms with Gasteiger partial charge in [0.2, 0.25) is 11.8 Å². The summed E-state index contributed by atoms with van der Waals surface area (Å²) in [6.07, 6.45) is 0.315. The molecule has 1 aliphatic rings. The van der Waals surface area contributed by atoms with Gasteiger partial charge in [-0.15, -0.1) is 11.3 Å². The number of aryl methyl sites for hydroxylation is 1. The highest BCUT2D eigenvalue weighted by Crippen LogP contribution is 2.15. The van der Waals surface area contributed by atoms with Crippen molar-refractivity contribution in [2.45, 2.75) is 19.9 Å². The summed E-state index contributed by atoms with van der Waals surface area (Å²) in [5.74, 6) is -0.273. The molecule has 2 rings (SSSR count). The summed E-state index contributed by atoms with van der Waals surface area (Å²) in [5.41, 5.74) is 0. The normalized spacial score (nSPS) is 19.6. The number of hydrogen-bond acceptors (Lipinski definition) is 3. The van der Waals surface area contributed by atoms with E-state index in [2.05, 4.69) is 10.6 Å². The third kappa shape index (κ3) is 2.61. The van der Waals surface area contributed by atoms with Crippen LogP contribution in [0, 0.1) is 12.8 Å². The Morgan fingerprint density at radius 3 is 3.00 bits per heavy atom. The van der Waals surface area contributed by atoms with Crippen molar-refractivity contribution in [1.29, 1.82) is 0 Å². The van der Waals surface area contributed by atoms with Gasteiger partial charge in [0.25, 0.3) is 0 Å². The minimum Gasteiger partial charge on any atom is -0.355 e. The van der Waals surface area contributed by atoms with Gasteiger partial charge >= 0.3 is 0 Å². The maximum atomic E-state index is 11.7.